The van der Waals surface area contributed by atoms with Crippen LogP contribution in [0.2, 0.25) is 0 Å². The van der Waals surface area contributed by atoms with Crippen molar-refractivity contribution in [2.24, 2.45) is 5.41 Å². The van der Waals surface area contributed by atoms with Crippen LogP contribution in [-0.4, -0.2) is 44.4 Å². The Hall–Kier alpha value is -0.820. The highest BCUT2D eigenvalue weighted by Gasteiger charge is 2.61. The number of amides is 1. The molecule has 1 heterocycles. The first-order valence-corrected chi connectivity index (χ1v) is 6.97. The van der Waals surface area contributed by atoms with Gasteiger partial charge in [-0.2, -0.15) is 13.2 Å². The van der Waals surface area contributed by atoms with Crippen LogP contribution < -0.4 is 10.6 Å². The molecule has 1 amide bonds. The maximum atomic E-state index is 13.1. The minimum atomic E-state index is -4.51. The summed E-state index contributed by atoms with van der Waals surface area (Å²) < 4.78 is 44.5. The molecule has 0 spiro atoms. The van der Waals surface area contributed by atoms with Crippen LogP contribution in [0.25, 0.3) is 0 Å². The van der Waals surface area contributed by atoms with E-state index in [1.165, 1.54) is 0 Å². The third-order valence-electron chi connectivity index (χ3n) is 3.44. The molecule has 0 aromatic heterocycles. The first kappa shape index (κ1) is 17.2. The second-order valence-electron chi connectivity index (χ2n) is 5.39. The van der Waals surface area contributed by atoms with Gasteiger partial charge in [-0.1, -0.05) is 0 Å². The van der Waals surface area contributed by atoms with Crippen LogP contribution in [0.3, 0.4) is 0 Å². The van der Waals surface area contributed by atoms with Gasteiger partial charge < -0.3 is 15.4 Å². The summed E-state index contributed by atoms with van der Waals surface area (Å²) >= 11 is 0. The topological polar surface area (TPSA) is 50.4 Å². The molecule has 0 aliphatic carbocycles. The number of nitrogens with one attached hydrogen (secondary N) is 2. The van der Waals surface area contributed by atoms with E-state index < -0.39 is 17.5 Å². The highest BCUT2D eigenvalue weighted by atomic mass is 19.4. The zero-order chi connectivity index (χ0) is 15.2. The van der Waals surface area contributed by atoms with Gasteiger partial charge >= 0.3 is 6.18 Å². The van der Waals surface area contributed by atoms with E-state index in [-0.39, 0.29) is 32.2 Å². The summed E-state index contributed by atoms with van der Waals surface area (Å²) in [4.78, 5) is 11.9. The lowest BCUT2D eigenvalue weighted by Crippen LogP contribution is -2.52. The van der Waals surface area contributed by atoms with Gasteiger partial charge in [-0.25, -0.2) is 0 Å². The summed E-state index contributed by atoms with van der Waals surface area (Å²) in [5, 5.41) is 5.03. The molecule has 1 fully saturated rings. The molecule has 0 aromatic carbocycles. The summed E-state index contributed by atoms with van der Waals surface area (Å²) in [5.41, 5.74) is -2.26. The molecule has 1 saturated heterocycles. The van der Waals surface area contributed by atoms with Gasteiger partial charge in [0.15, 0.2) is 5.41 Å². The van der Waals surface area contributed by atoms with Gasteiger partial charge in [-0.15, -0.1) is 0 Å². The Morgan fingerprint density at radius 2 is 2.10 bits per heavy atom. The Labute approximate surface area is 117 Å². The molecule has 1 unspecified atom stereocenters. The van der Waals surface area contributed by atoms with Crippen molar-refractivity contribution in [1.82, 2.24) is 10.6 Å². The molecule has 0 radical (unpaired) electrons. The average molecular weight is 296 g/mol. The first-order chi connectivity index (χ1) is 9.29. The molecule has 7 heteroatoms. The predicted octanol–water partition coefficient (Wildman–Crippen LogP) is 1.85. The van der Waals surface area contributed by atoms with Crippen LogP contribution in [0.5, 0.6) is 0 Å². The predicted molar refractivity (Wildman–Crippen MR) is 69.3 cm³/mol. The van der Waals surface area contributed by atoms with E-state index in [4.69, 9.17) is 4.74 Å². The van der Waals surface area contributed by atoms with Gasteiger partial charge in [-0.3, -0.25) is 4.79 Å². The van der Waals surface area contributed by atoms with Crippen molar-refractivity contribution >= 4 is 5.91 Å². The summed E-state index contributed by atoms with van der Waals surface area (Å²) in [6.45, 7) is 4.52. The molecule has 1 aliphatic heterocycles. The molecule has 1 aliphatic rings. The van der Waals surface area contributed by atoms with Gasteiger partial charge in [0.25, 0.3) is 0 Å². The van der Waals surface area contributed by atoms with E-state index in [2.05, 4.69) is 10.6 Å². The maximum Gasteiger partial charge on any atom is 0.404 e. The summed E-state index contributed by atoms with van der Waals surface area (Å²) in [6, 6.07) is 0. The fourth-order valence-electron chi connectivity index (χ4n) is 2.17. The number of unbranched alkanes of at least 4 members (excludes halogenated alkanes) is 1. The van der Waals surface area contributed by atoms with Gasteiger partial charge in [0, 0.05) is 19.7 Å². The Morgan fingerprint density at radius 3 is 2.60 bits per heavy atom. The molecule has 1 rings (SSSR count). The van der Waals surface area contributed by atoms with E-state index in [0.717, 1.165) is 6.42 Å². The van der Waals surface area contributed by atoms with Crippen molar-refractivity contribution in [1.29, 1.82) is 0 Å². The Morgan fingerprint density at radius 1 is 1.40 bits per heavy atom. The van der Waals surface area contributed by atoms with Crippen LogP contribution in [0.4, 0.5) is 13.2 Å². The molecule has 0 aromatic rings. The lowest BCUT2D eigenvalue weighted by atomic mass is 9.85. The van der Waals surface area contributed by atoms with E-state index in [9.17, 15) is 18.0 Å². The van der Waals surface area contributed by atoms with Crippen LogP contribution in [0, 0.1) is 5.41 Å². The lowest BCUT2D eigenvalue weighted by Gasteiger charge is -2.29. The number of hydrogen-bond donors (Lipinski definition) is 2. The first-order valence-electron chi connectivity index (χ1n) is 6.97. The van der Waals surface area contributed by atoms with Crippen LogP contribution >= 0.6 is 0 Å². The maximum absolute atomic E-state index is 13.1. The van der Waals surface area contributed by atoms with Crippen molar-refractivity contribution in [3.63, 3.8) is 0 Å². The SMILES string of the molecule is CC(C)OCCCCNC(=O)C1(C(F)(F)F)CCNC1. The minimum Gasteiger partial charge on any atom is -0.379 e. The lowest BCUT2D eigenvalue weighted by molar-refractivity contribution is -0.216. The number of rotatable bonds is 7. The Kier molecular flexibility index (Phi) is 6.26. The van der Waals surface area contributed by atoms with E-state index in [0.29, 0.717) is 13.0 Å². The zero-order valence-electron chi connectivity index (χ0n) is 12.0. The number of hydrogen-bond acceptors (Lipinski definition) is 3. The van der Waals surface area contributed by atoms with E-state index in [1.54, 1.807) is 0 Å². The van der Waals surface area contributed by atoms with E-state index in [1.807, 2.05) is 13.8 Å². The third-order valence-corrected chi connectivity index (χ3v) is 3.44. The number of carbonyl (C=O) groups is 1. The van der Waals surface area contributed by atoms with Gasteiger partial charge in [0.1, 0.15) is 0 Å². The highest BCUT2D eigenvalue weighted by Crippen LogP contribution is 2.43. The van der Waals surface area contributed by atoms with Crippen LogP contribution in [0.15, 0.2) is 0 Å². The smallest absolute Gasteiger partial charge is 0.379 e. The molecule has 2 N–H and O–H groups in total. The summed E-state index contributed by atoms with van der Waals surface area (Å²) in [7, 11) is 0. The molecule has 1 atom stereocenters. The molecule has 0 bridgehead atoms. The zero-order valence-corrected chi connectivity index (χ0v) is 12.0. The molecule has 4 nitrogen and oxygen atoms in total. The quantitative estimate of drug-likeness (QED) is 0.705. The Balaban J connectivity index is 2.34. The normalized spacial score (nSPS) is 23.3. The van der Waals surface area contributed by atoms with Gasteiger partial charge in [-0.05, 0) is 39.7 Å². The monoisotopic (exact) mass is 296 g/mol. The number of ether oxygens (including phenoxy) is 1. The molecule has 20 heavy (non-hydrogen) atoms. The number of halogens is 3. The van der Waals surface area contributed by atoms with Crippen molar-refractivity contribution < 1.29 is 22.7 Å². The van der Waals surface area contributed by atoms with Crippen molar-refractivity contribution in [3.8, 4) is 0 Å². The van der Waals surface area contributed by atoms with Crippen molar-refractivity contribution in [2.45, 2.75) is 45.4 Å². The molecular weight excluding hydrogens is 273 g/mol. The van der Waals surface area contributed by atoms with Crippen LogP contribution in [-0.2, 0) is 9.53 Å². The average Bonchev–Trinajstić information content (AvgIpc) is 2.82. The van der Waals surface area contributed by atoms with Crippen molar-refractivity contribution in [2.75, 3.05) is 26.2 Å². The minimum absolute atomic E-state index is 0.141. The molecule has 118 valence electrons. The second-order valence-corrected chi connectivity index (χ2v) is 5.39. The third kappa shape index (κ3) is 4.34. The van der Waals surface area contributed by atoms with Gasteiger partial charge in [0.05, 0.1) is 6.10 Å². The number of alkyl halides is 3. The van der Waals surface area contributed by atoms with Crippen molar-refractivity contribution in [3.05, 3.63) is 0 Å². The van der Waals surface area contributed by atoms with E-state index >= 15 is 0 Å². The van der Waals surface area contributed by atoms with Crippen LogP contribution in [0.1, 0.15) is 33.1 Å². The fraction of sp³-hybridized carbons (Fsp3) is 0.923. The summed E-state index contributed by atoms with van der Waals surface area (Å²) in [6.07, 6.45) is -3.24. The fourth-order valence-corrected chi connectivity index (χ4v) is 2.17. The standard InChI is InChI=1S/C13H23F3N2O2/c1-10(2)20-8-4-3-6-18-11(19)12(13(14,15)16)5-7-17-9-12/h10,17H,3-9H2,1-2H3,(H,18,19). The molecular formula is C13H23F3N2O2. The molecule has 0 saturated carbocycles. The second kappa shape index (κ2) is 7.26. The highest BCUT2D eigenvalue weighted by molar-refractivity contribution is 5.84. The number of carbonyl (C=O) groups excluding carboxylic acids is 1. The summed E-state index contributed by atoms with van der Waals surface area (Å²) in [5.74, 6) is -0.917. The van der Waals surface area contributed by atoms with Gasteiger partial charge in [0.2, 0.25) is 5.91 Å². The largest absolute Gasteiger partial charge is 0.404 e. The Bertz CT molecular complexity index is 313.